The second-order valence-corrected chi connectivity index (χ2v) is 13.4. The van der Waals surface area contributed by atoms with Gasteiger partial charge in [0.2, 0.25) is 5.91 Å². The summed E-state index contributed by atoms with van der Waals surface area (Å²) in [6, 6.07) is 9.39. The van der Waals surface area contributed by atoms with Gasteiger partial charge in [0.1, 0.15) is 21.9 Å². The summed E-state index contributed by atoms with van der Waals surface area (Å²) in [6.07, 6.45) is 3.54. The van der Waals surface area contributed by atoms with E-state index in [0.717, 1.165) is 35.2 Å². The Balaban J connectivity index is 1.22. The summed E-state index contributed by atoms with van der Waals surface area (Å²) in [5.41, 5.74) is 0.507. The lowest BCUT2D eigenvalue weighted by Crippen LogP contribution is -2.51. The highest BCUT2D eigenvalue weighted by Crippen LogP contribution is 2.36. The average Bonchev–Trinajstić information content (AvgIpc) is 3.67. The number of carbonyl (C=O) groups excluding carboxylic acids is 2. The number of likely N-dealkylation sites (tertiary alicyclic amines) is 1. The van der Waals surface area contributed by atoms with Crippen LogP contribution in [0.3, 0.4) is 0 Å². The van der Waals surface area contributed by atoms with E-state index in [2.05, 4.69) is 9.88 Å². The van der Waals surface area contributed by atoms with Crippen LogP contribution < -0.4 is 4.90 Å². The molecule has 0 N–H and O–H groups in total. The first-order valence-corrected chi connectivity index (χ1v) is 15.6. The zero-order valence-corrected chi connectivity index (χ0v) is 24.6. The van der Waals surface area contributed by atoms with E-state index in [1.165, 1.54) is 18.2 Å². The molecule has 4 aromatic rings. The lowest BCUT2D eigenvalue weighted by atomic mass is 10.1. The fourth-order valence-corrected chi connectivity index (χ4v) is 8.30. The van der Waals surface area contributed by atoms with Crippen LogP contribution in [0.25, 0.3) is 15.8 Å². The van der Waals surface area contributed by atoms with Crippen molar-refractivity contribution in [2.24, 2.45) is 0 Å². The maximum Gasteiger partial charge on any atom is 0.314 e. The number of halogens is 2. The molecule has 2 aromatic carbocycles. The quantitative estimate of drug-likeness (QED) is 0.192. The molecule has 0 spiro atoms. The number of carbonyl (C=O) groups is 2. The molecule has 1 atom stereocenters. The van der Waals surface area contributed by atoms with E-state index in [4.69, 9.17) is 21.2 Å². The van der Waals surface area contributed by atoms with Crippen molar-refractivity contribution in [3.05, 3.63) is 71.5 Å². The number of hydrogen-bond acceptors (Lipinski definition) is 9. The Morgan fingerprint density at radius 3 is 2.76 bits per heavy atom. The number of amides is 1. The van der Waals surface area contributed by atoms with Gasteiger partial charge in [-0.2, -0.15) is 0 Å². The minimum Gasteiger partial charge on any atom is -0.379 e. The van der Waals surface area contributed by atoms with Gasteiger partial charge < -0.3 is 19.0 Å². The number of benzene rings is 2. The van der Waals surface area contributed by atoms with E-state index in [1.54, 1.807) is 48.3 Å². The van der Waals surface area contributed by atoms with Gasteiger partial charge >= 0.3 is 6.47 Å². The number of ether oxygens (including phenoxy) is 1. The molecule has 220 valence electrons. The van der Waals surface area contributed by atoms with E-state index in [-0.39, 0.29) is 35.4 Å². The van der Waals surface area contributed by atoms with Crippen LogP contribution >= 0.6 is 22.9 Å². The van der Waals surface area contributed by atoms with Crippen LogP contribution in [0, 0.1) is 5.82 Å². The molecule has 0 radical (unpaired) electrons. The van der Waals surface area contributed by atoms with Gasteiger partial charge in [-0.05, 0) is 46.6 Å². The van der Waals surface area contributed by atoms with E-state index in [0.29, 0.717) is 31.8 Å². The van der Waals surface area contributed by atoms with Crippen molar-refractivity contribution < 1.29 is 32.0 Å². The number of aromatic nitrogens is 2. The molecule has 1 unspecified atom stereocenters. The monoisotopic (exact) mass is 633 g/mol. The predicted molar refractivity (Wildman–Crippen MR) is 153 cm³/mol. The predicted octanol–water partition coefficient (Wildman–Crippen LogP) is 3.59. The van der Waals surface area contributed by atoms with Crippen molar-refractivity contribution in [2.45, 2.75) is 29.3 Å². The Morgan fingerprint density at radius 2 is 2.02 bits per heavy atom. The number of hydroxylamine groups is 1. The third kappa shape index (κ3) is 5.18. The van der Waals surface area contributed by atoms with Gasteiger partial charge in [0.25, 0.3) is 10.0 Å². The maximum absolute atomic E-state index is 15.5. The highest BCUT2D eigenvalue weighted by molar-refractivity contribution is 7.91. The van der Waals surface area contributed by atoms with Crippen LogP contribution in [0.15, 0.2) is 59.1 Å². The molecule has 6 rings (SSSR count). The van der Waals surface area contributed by atoms with Crippen LogP contribution in [-0.2, 0) is 35.7 Å². The summed E-state index contributed by atoms with van der Waals surface area (Å²) < 4.78 is 50.5. The largest absolute Gasteiger partial charge is 0.379 e. The Labute approximate surface area is 249 Å². The summed E-state index contributed by atoms with van der Waals surface area (Å²) in [4.78, 5) is 37.4. The van der Waals surface area contributed by atoms with E-state index in [1.807, 2.05) is 0 Å². The lowest BCUT2D eigenvalue weighted by molar-refractivity contribution is -0.160. The molecule has 0 aliphatic carbocycles. The van der Waals surface area contributed by atoms with Gasteiger partial charge in [-0.1, -0.05) is 17.7 Å². The molecule has 0 bridgehead atoms. The molecule has 2 aliphatic heterocycles. The molecule has 42 heavy (non-hydrogen) atoms. The first kappa shape index (κ1) is 28.7. The van der Waals surface area contributed by atoms with Crippen LogP contribution in [0.4, 0.5) is 10.1 Å². The standard InChI is InChI=1S/C27H25ClFN5O6S2/c1-39-20-13-31(14-20)15-25-30-7-9-32(25)19-4-5-22(21(29)12-19)33-8-6-23(27(33)36)34(40-16-35)42(37,38)26-10-17-2-3-18(28)11-24(17)41-26/h2-5,7,9-12,16,20,23H,6,8,13-15H2,1H3. The molecule has 1 amide bonds. The van der Waals surface area contributed by atoms with Gasteiger partial charge in [-0.25, -0.2) is 17.8 Å². The Bertz CT molecular complexity index is 1770. The molecule has 0 saturated carbocycles. The molecule has 11 nitrogen and oxygen atoms in total. The number of nitrogens with zero attached hydrogens (tertiary/aromatic N) is 5. The van der Waals surface area contributed by atoms with Gasteiger partial charge in [0, 0.05) is 60.6 Å². The van der Waals surface area contributed by atoms with Crippen molar-refractivity contribution in [1.82, 2.24) is 18.9 Å². The molecular weight excluding hydrogens is 609 g/mol. The summed E-state index contributed by atoms with van der Waals surface area (Å²) in [6.45, 7) is 2.10. The number of hydrogen-bond donors (Lipinski definition) is 0. The van der Waals surface area contributed by atoms with Crippen LogP contribution in [0.1, 0.15) is 12.2 Å². The topological polar surface area (TPSA) is 114 Å². The van der Waals surface area contributed by atoms with Gasteiger partial charge in [-0.3, -0.25) is 14.5 Å². The average molecular weight is 634 g/mol. The number of rotatable bonds is 10. The normalized spacial score (nSPS) is 18.2. The highest BCUT2D eigenvalue weighted by atomic mass is 35.5. The molecule has 15 heteroatoms. The summed E-state index contributed by atoms with van der Waals surface area (Å²) in [5.74, 6) is -0.661. The summed E-state index contributed by atoms with van der Waals surface area (Å²) in [5, 5.41) is 1.06. The van der Waals surface area contributed by atoms with Crippen LogP contribution in [0.2, 0.25) is 5.02 Å². The van der Waals surface area contributed by atoms with E-state index < -0.39 is 27.8 Å². The van der Waals surface area contributed by atoms with Crippen molar-refractivity contribution in [2.75, 3.05) is 31.6 Å². The van der Waals surface area contributed by atoms with Gasteiger partial charge in [0.05, 0.1) is 18.3 Å². The smallest absolute Gasteiger partial charge is 0.314 e. The maximum atomic E-state index is 15.5. The zero-order valence-electron chi connectivity index (χ0n) is 22.2. The highest BCUT2D eigenvalue weighted by Gasteiger charge is 2.45. The summed E-state index contributed by atoms with van der Waals surface area (Å²) in [7, 11) is -2.76. The first-order valence-electron chi connectivity index (χ1n) is 12.9. The Hall–Kier alpha value is -3.40. The molecule has 2 aliphatic rings. The van der Waals surface area contributed by atoms with Gasteiger partial charge in [-0.15, -0.1) is 11.3 Å². The van der Waals surface area contributed by atoms with E-state index in [9.17, 15) is 18.0 Å². The number of imidazole rings is 1. The van der Waals surface area contributed by atoms with Crippen molar-refractivity contribution >= 4 is 61.1 Å². The number of anilines is 1. The summed E-state index contributed by atoms with van der Waals surface area (Å²) >= 11 is 6.96. The zero-order chi connectivity index (χ0) is 29.6. The molecular formula is C27H25ClFN5O6S2. The number of thiophene rings is 1. The molecule has 2 fully saturated rings. The van der Waals surface area contributed by atoms with Crippen LogP contribution in [0.5, 0.6) is 0 Å². The van der Waals surface area contributed by atoms with Crippen LogP contribution in [-0.4, -0.2) is 78.6 Å². The lowest BCUT2D eigenvalue weighted by Gasteiger charge is -2.37. The fourth-order valence-electron chi connectivity index (χ4n) is 5.19. The minimum absolute atomic E-state index is 0.0152. The minimum atomic E-state index is -4.43. The second-order valence-electron chi connectivity index (χ2n) is 9.90. The van der Waals surface area contributed by atoms with Crippen molar-refractivity contribution in [1.29, 1.82) is 0 Å². The first-order chi connectivity index (χ1) is 20.2. The third-order valence-electron chi connectivity index (χ3n) is 7.37. The molecule has 4 heterocycles. The second kappa shape index (κ2) is 11.4. The van der Waals surface area contributed by atoms with Crippen molar-refractivity contribution in [3.8, 4) is 5.69 Å². The number of sulfonamides is 1. The molecule has 2 saturated heterocycles. The molecule has 2 aromatic heterocycles. The SMILES string of the molecule is COC1CN(Cc2nccn2-c2ccc(N3CCC(N(OC=O)S(=O)(=O)c4cc5ccc(Cl)cc5s4)C3=O)c(F)c2)C1. The van der Waals surface area contributed by atoms with E-state index >= 15 is 4.39 Å². The Morgan fingerprint density at radius 1 is 1.21 bits per heavy atom. The van der Waals surface area contributed by atoms with Crippen molar-refractivity contribution in [3.63, 3.8) is 0 Å². The number of fused-ring (bicyclic) bond motifs is 1. The third-order valence-corrected chi connectivity index (χ3v) is 10.8. The fraction of sp³-hybridized carbons (Fsp3) is 0.296. The Kier molecular flexibility index (Phi) is 7.76. The van der Waals surface area contributed by atoms with Gasteiger partial charge in [0.15, 0.2) is 0 Å². The number of methoxy groups -OCH3 is 1.